The zero-order valence-electron chi connectivity index (χ0n) is 12.7. The molecule has 0 saturated carbocycles. The summed E-state index contributed by atoms with van der Waals surface area (Å²) < 4.78 is 11.4. The SMILES string of the molecule is COc1cccc(C(C)=O)c1OC(C)(C)c1ccccn1. The predicted molar refractivity (Wildman–Crippen MR) is 80.9 cm³/mol. The summed E-state index contributed by atoms with van der Waals surface area (Å²) in [5, 5.41) is 0. The van der Waals surface area contributed by atoms with Crippen LogP contribution in [-0.4, -0.2) is 17.9 Å². The van der Waals surface area contributed by atoms with Gasteiger partial charge in [0.25, 0.3) is 0 Å². The molecule has 0 spiro atoms. The summed E-state index contributed by atoms with van der Waals surface area (Å²) in [5.74, 6) is 0.913. The van der Waals surface area contributed by atoms with Gasteiger partial charge in [-0.05, 0) is 45.0 Å². The van der Waals surface area contributed by atoms with Crippen LogP contribution >= 0.6 is 0 Å². The molecule has 0 aliphatic carbocycles. The van der Waals surface area contributed by atoms with Gasteiger partial charge in [-0.25, -0.2) is 0 Å². The summed E-state index contributed by atoms with van der Waals surface area (Å²) in [6.07, 6.45) is 1.72. The minimum absolute atomic E-state index is 0.0688. The van der Waals surface area contributed by atoms with Crippen LogP contribution in [0.3, 0.4) is 0 Å². The fourth-order valence-corrected chi connectivity index (χ4v) is 2.09. The summed E-state index contributed by atoms with van der Waals surface area (Å²) in [6, 6.07) is 10.9. The Bertz CT molecular complexity index is 636. The molecule has 0 radical (unpaired) electrons. The molecule has 0 atom stereocenters. The van der Waals surface area contributed by atoms with Gasteiger partial charge in [-0.2, -0.15) is 0 Å². The maximum Gasteiger partial charge on any atom is 0.173 e. The third kappa shape index (κ3) is 3.21. The molecule has 110 valence electrons. The number of pyridine rings is 1. The minimum Gasteiger partial charge on any atom is -0.493 e. The lowest BCUT2D eigenvalue weighted by Gasteiger charge is -2.27. The van der Waals surface area contributed by atoms with Crippen LogP contribution in [0.25, 0.3) is 0 Å². The fourth-order valence-electron chi connectivity index (χ4n) is 2.09. The number of carbonyl (C=O) groups excluding carboxylic acids is 1. The fraction of sp³-hybridized carbons (Fsp3) is 0.294. The number of para-hydroxylation sites is 1. The van der Waals surface area contributed by atoms with E-state index in [2.05, 4.69) is 4.98 Å². The Balaban J connectivity index is 2.45. The van der Waals surface area contributed by atoms with Crippen molar-refractivity contribution in [3.63, 3.8) is 0 Å². The van der Waals surface area contributed by atoms with Crippen LogP contribution in [0, 0.1) is 0 Å². The predicted octanol–water partition coefficient (Wildman–Crippen LogP) is 3.61. The van der Waals surface area contributed by atoms with E-state index in [1.165, 1.54) is 6.92 Å². The number of carbonyl (C=O) groups is 1. The number of aromatic nitrogens is 1. The van der Waals surface area contributed by atoms with E-state index in [0.29, 0.717) is 17.1 Å². The molecule has 0 amide bonds. The van der Waals surface area contributed by atoms with Gasteiger partial charge in [-0.15, -0.1) is 0 Å². The van der Waals surface area contributed by atoms with E-state index in [-0.39, 0.29) is 5.78 Å². The molecule has 4 heteroatoms. The van der Waals surface area contributed by atoms with Crippen LogP contribution in [-0.2, 0) is 5.60 Å². The lowest BCUT2D eigenvalue weighted by molar-refractivity contribution is 0.0914. The first-order chi connectivity index (χ1) is 9.95. The highest BCUT2D eigenvalue weighted by molar-refractivity contribution is 5.97. The molecule has 0 aliphatic rings. The molecular formula is C17H19NO3. The van der Waals surface area contributed by atoms with E-state index in [1.807, 2.05) is 32.0 Å². The van der Waals surface area contributed by atoms with Crippen molar-refractivity contribution in [3.8, 4) is 11.5 Å². The van der Waals surface area contributed by atoms with E-state index in [4.69, 9.17) is 9.47 Å². The molecule has 0 fully saturated rings. The van der Waals surface area contributed by atoms with Crippen LogP contribution in [0.4, 0.5) is 0 Å². The van der Waals surface area contributed by atoms with E-state index >= 15 is 0 Å². The number of Topliss-reactive ketones (excluding diaryl/α,β-unsaturated/α-hetero) is 1. The number of ether oxygens (including phenoxy) is 2. The van der Waals surface area contributed by atoms with Gasteiger partial charge >= 0.3 is 0 Å². The van der Waals surface area contributed by atoms with E-state index < -0.39 is 5.60 Å². The highest BCUT2D eigenvalue weighted by Gasteiger charge is 2.27. The van der Waals surface area contributed by atoms with Gasteiger partial charge < -0.3 is 9.47 Å². The van der Waals surface area contributed by atoms with Crippen LogP contribution < -0.4 is 9.47 Å². The van der Waals surface area contributed by atoms with Gasteiger partial charge in [-0.3, -0.25) is 9.78 Å². The van der Waals surface area contributed by atoms with Crippen LogP contribution in [0.5, 0.6) is 11.5 Å². The lowest BCUT2D eigenvalue weighted by Crippen LogP contribution is -2.27. The number of hydrogen-bond donors (Lipinski definition) is 0. The molecule has 0 N–H and O–H groups in total. The van der Waals surface area contributed by atoms with Gasteiger partial charge in [-0.1, -0.05) is 12.1 Å². The van der Waals surface area contributed by atoms with Crippen LogP contribution in [0.2, 0.25) is 0 Å². The Morgan fingerprint density at radius 2 is 1.90 bits per heavy atom. The second-order valence-electron chi connectivity index (χ2n) is 5.22. The maximum absolute atomic E-state index is 11.8. The molecule has 1 aromatic heterocycles. The van der Waals surface area contributed by atoms with Crippen molar-refractivity contribution in [3.05, 3.63) is 53.9 Å². The molecule has 0 unspecified atom stereocenters. The van der Waals surface area contributed by atoms with Crippen molar-refractivity contribution in [2.45, 2.75) is 26.4 Å². The standard InChI is InChI=1S/C17H19NO3/c1-12(19)13-8-7-9-14(20-4)16(13)21-17(2,3)15-10-5-6-11-18-15/h5-11H,1-4H3. The first kappa shape index (κ1) is 15.0. The Morgan fingerprint density at radius 1 is 1.14 bits per heavy atom. The molecule has 2 rings (SSSR count). The summed E-state index contributed by atoms with van der Waals surface area (Å²) in [4.78, 5) is 16.1. The Labute approximate surface area is 124 Å². The van der Waals surface area contributed by atoms with Crippen LogP contribution in [0.15, 0.2) is 42.6 Å². The molecule has 0 saturated heterocycles. The molecule has 2 aromatic rings. The zero-order valence-corrected chi connectivity index (χ0v) is 12.7. The molecule has 4 nitrogen and oxygen atoms in total. The van der Waals surface area contributed by atoms with Gasteiger partial charge in [0.2, 0.25) is 0 Å². The van der Waals surface area contributed by atoms with Crippen molar-refractivity contribution >= 4 is 5.78 Å². The third-order valence-electron chi connectivity index (χ3n) is 3.22. The van der Waals surface area contributed by atoms with E-state index in [1.54, 1.807) is 31.5 Å². The van der Waals surface area contributed by atoms with Gasteiger partial charge in [0.15, 0.2) is 17.3 Å². The first-order valence-electron chi connectivity index (χ1n) is 6.74. The average Bonchev–Trinajstić information content (AvgIpc) is 2.47. The lowest BCUT2D eigenvalue weighted by atomic mass is 10.0. The summed E-state index contributed by atoms with van der Waals surface area (Å²) >= 11 is 0. The zero-order chi connectivity index (χ0) is 15.5. The number of rotatable bonds is 5. The van der Waals surface area contributed by atoms with Crippen molar-refractivity contribution in [1.82, 2.24) is 4.98 Å². The molecular weight excluding hydrogens is 266 g/mol. The highest BCUT2D eigenvalue weighted by Crippen LogP contribution is 2.36. The summed E-state index contributed by atoms with van der Waals surface area (Å²) in [6.45, 7) is 5.33. The van der Waals surface area contributed by atoms with Crippen molar-refractivity contribution in [2.24, 2.45) is 0 Å². The largest absolute Gasteiger partial charge is 0.493 e. The molecule has 21 heavy (non-hydrogen) atoms. The molecule has 0 bridgehead atoms. The Morgan fingerprint density at radius 3 is 2.48 bits per heavy atom. The van der Waals surface area contributed by atoms with Crippen molar-refractivity contribution in [1.29, 1.82) is 0 Å². The number of nitrogens with zero attached hydrogens (tertiary/aromatic N) is 1. The number of benzene rings is 1. The van der Waals surface area contributed by atoms with Gasteiger partial charge in [0.05, 0.1) is 18.4 Å². The van der Waals surface area contributed by atoms with Gasteiger partial charge in [0, 0.05) is 6.20 Å². The van der Waals surface area contributed by atoms with Gasteiger partial charge in [0.1, 0.15) is 5.60 Å². The average molecular weight is 285 g/mol. The number of hydrogen-bond acceptors (Lipinski definition) is 4. The molecule has 0 aliphatic heterocycles. The summed E-state index contributed by atoms with van der Waals surface area (Å²) in [5.41, 5.74) is 0.601. The van der Waals surface area contributed by atoms with Crippen molar-refractivity contribution in [2.75, 3.05) is 7.11 Å². The third-order valence-corrected chi connectivity index (χ3v) is 3.22. The van der Waals surface area contributed by atoms with E-state index in [0.717, 1.165) is 5.69 Å². The maximum atomic E-state index is 11.8. The normalized spacial score (nSPS) is 11.0. The highest BCUT2D eigenvalue weighted by atomic mass is 16.5. The van der Waals surface area contributed by atoms with E-state index in [9.17, 15) is 4.79 Å². The quantitative estimate of drug-likeness (QED) is 0.787. The van der Waals surface area contributed by atoms with Crippen LogP contribution in [0.1, 0.15) is 36.8 Å². The topological polar surface area (TPSA) is 48.4 Å². The first-order valence-corrected chi connectivity index (χ1v) is 6.74. The molecule has 1 aromatic carbocycles. The monoisotopic (exact) mass is 285 g/mol. The smallest absolute Gasteiger partial charge is 0.173 e. The number of ketones is 1. The second kappa shape index (κ2) is 5.95. The molecule has 1 heterocycles. The Kier molecular flexibility index (Phi) is 4.26. The second-order valence-corrected chi connectivity index (χ2v) is 5.22. The van der Waals surface area contributed by atoms with Crippen molar-refractivity contribution < 1.29 is 14.3 Å². The number of methoxy groups -OCH3 is 1. The summed E-state index contributed by atoms with van der Waals surface area (Å²) in [7, 11) is 1.56. The Hall–Kier alpha value is -2.36. The minimum atomic E-state index is -0.680.